The van der Waals surface area contributed by atoms with E-state index in [-0.39, 0.29) is 10.6 Å². The quantitative estimate of drug-likeness (QED) is 0.285. The predicted molar refractivity (Wildman–Crippen MR) is 172 cm³/mol. The molecule has 228 valence electrons. The molecule has 1 atom stereocenters. The van der Waals surface area contributed by atoms with Gasteiger partial charge in [-0.3, -0.25) is 9.59 Å². The van der Waals surface area contributed by atoms with Gasteiger partial charge in [-0.2, -0.15) is 5.26 Å². The minimum Gasteiger partial charge on any atom is -0.495 e. The van der Waals surface area contributed by atoms with E-state index in [9.17, 15) is 23.3 Å². The third-order valence-corrected chi connectivity index (χ3v) is 9.93. The number of carbonyl (C=O) groups excluding carboxylic acids is 2. The molecule has 0 spiro atoms. The molecule has 3 aromatic carbocycles. The van der Waals surface area contributed by atoms with Crippen LogP contribution in [0.2, 0.25) is 0 Å². The first-order chi connectivity index (χ1) is 21.0. The van der Waals surface area contributed by atoms with E-state index in [1.165, 1.54) is 27.3 Å². The topological polar surface area (TPSA) is 141 Å². The molecule has 10 nitrogen and oxygen atoms in total. The number of nitrogens with zero attached hydrogens (tertiary/aromatic N) is 2. The second-order valence-electron chi connectivity index (χ2n) is 10.1. The molecule has 0 aliphatic carbocycles. The number of hydrogen-bond acceptors (Lipinski definition) is 8. The van der Waals surface area contributed by atoms with E-state index in [0.29, 0.717) is 44.6 Å². The highest BCUT2D eigenvalue weighted by Crippen LogP contribution is 2.41. The maximum atomic E-state index is 13.7. The van der Waals surface area contributed by atoms with E-state index < -0.39 is 27.8 Å². The number of nitriles is 1. The van der Waals surface area contributed by atoms with Gasteiger partial charge in [0, 0.05) is 31.1 Å². The molecule has 1 aliphatic rings. The van der Waals surface area contributed by atoms with Crippen LogP contribution < -0.4 is 20.7 Å². The fourth-order valence-corrected chi connectivity index (χ4v) is 6.77. The van der Waals surface area contributed by atoms with Crippen LogP contribution in [-0.4, -0.2) is 51.5 Å². The third-order valence-electron chi connectivity index (χ3n) is 6.96. The molecule has 44 heavy (non-hydrogen) atoms. The van der Waals surface area contributed by atoms with Gasteiger partial charge < -0.3 is 20.7 Å². The van der Waals surface area contributed by atoms with Crippen molar-refractivity contribution >= 4 is 45.0 Å². The van der Waals surface area contributed by atoms with Gasteiger partial charge in [0.15, 0.2) is 0 Å². The highest BCUT2D eigenvalue weighted by atomic mass is 32.2. The first-order valence-electron chi connectivity index (χ1n) is 13.5. The molecule has 0 bridgehead atoms. The number of dihydropyridines is 1. The van der Waals surface area contributed by atoms with Gasteiger partial charge >= 0.3 is 0 Å². The number of hydrogen-bond donors (Lipinski definition) is 3. The lowest BCUT2D eigenvalue weighted by atomic mass is 9.82. The molecule has 0 aromatic heterocycles. The molecule has 0 saturated carbocycles. The van der Waals surface area contributed by atoms with Gasteiger partial charge in [-0.05, 0) is 49.2 Å². The van der Waals surface area contributed by atoms with Crippen LogP contribution in [-0.2, 0) is 19.6 Å². The van der Waals surface area contributed by atoms with Crippen LogP contribution in [0.4, 0.5) is 11.4 Å². The number of rotatable bonds is 10. The van der Waals surface area contributed by atoms with Crippen LogP contribution >= 0.6 is 11.8 Å². The zero-order valence-corrected chi connectivity index (χ0v) is 26.6. The van der Waals surface area contributed by atoms with E-state index >= 15 is 0 Å². The number of anilines is 2. The van der Waals surface area contributed by atoms with Crippen molar-refractivity contribution in [1.29, 1.82) is 5.26 Å². The number of ether oxygens (including phenoxy) is 1. The van der Waals surface area contributed by atoms with Crippen molar-refractivity contribution in [1.82, 2.24) is 9.62 Å². The predicted octanol–water partition coefficient (Wildman–Crippen LogP) is 4.96. The maximum absolute atomic E-state index is 13.7. The average molecular weight is 632 g/mol. The molecule has 2 amide bonds. The summed E-state index contributed by atoms with van der Waals surface area (Å²) in [4.78, 5) is 26.8. The van der Waals surface area contributed by atoms with E-state index in [1.807, 2.05) is 30.3 Å². The number of carbonyl (C=O) groups is 2. The normalized spacial score (nSPS) is 15.0. The minimum atomic E-state index is -3.70. The Morgan fingerprint density at radius 3 is 2.36 bits per heavy atom. The molecule has 12 heteroatoms. The Morgan fingerprint density at radius 2 is 1.70 bits per heavy atom. The summed E-state index contributed by atoms with van der Waals surface area (Å²) in [6.45, 7) is 3.44. The van der Waals surface area contributed by atoms with Crippen LogP contribution in [0, 0.1) is 18.3 Å². The number of methoxy groups -OCH3 is 1. The second kappa shape index (κ2) is 13.8. The Bertz CT molecular complexity index is 1790. The number of allylic oxidation sites excluding steroid dienone is 2. The van der Waals surface area contributed by atoms with Gasteiger partial charge in [-0.25, -0.2) is 12.7 Å². The van der Waals surface area contributed by atoms with Gasteiger partial charge in [-0.15, -0.1) is 0 Å². The third kappa shape index (κ3) is 6.97. The molecule has 0 saturated heterocycles. The Morgan fingerprint density at radius 1 is 1.02 bits per heavy atom. The molecule has 0 radical (unpaired) electrons. The van der Waals surface area contributed by atoms with E-state index in [1.54, 1.807) is 50.2 Å². The smallest absolute Gasteiger partial charge is 0.254 e. The number of amides is 2. The summed E-state index contributed by atoms with van der Waals surface area (Å²) in [7, 11) is 0.707. The average Bonchev–Trinajstić information content (AvgIpc) is 3.01. The number of nitrogens with one attached hydrogen (secondary N) is 3. The van der Waals surface area contributed by atoms with Crippen LogP contribution in [0.3, 0.4) is 0 Å². The Balaban J connectivity index is 1.60. The van der Waals surface area contributed by atoms with Crippen LogP contribution in [0.5, 0.6) is 5.75 Å². The lowest BCUT2D eigenvalue weighted by Gasteiger charge is -2.30. The van der Waals surface area contributed by atoms with Gasteiger partial charge in [0.25, 0.3) is 5.91 Å². The summed E-state index contributed by atoms with van der Waals surface area (Å²) in [5, 5.41) is 19.6. The number of sulfonamides is 1. The lowest BCUT2D eigenvalue weighted by molar-refractivity contribution is -0.114. The van der Waals surface area contributed by atoms with Crippen molar-refractivity contribution in [3.05, 3.63) is 106 Å². The van der Waals surface area contributed by atoms with Crippen molar-refractivity contribution in [3.63, 3.8) is 0 Å². The van der Waals surface area contributed by atoms with Crippen molar-refractivity contribution in [2.45, 2.75) is 24.7 Å². The van der Waals surface area contributed by atoms with Crippen molar-refractivity contribution in [2.24, 2.45) is 0 Å². The zero-order chi connectivity index (χ0) is 32.0. The Labute approximate surface area is 261 Å². The lowest BCUT2D eigenvalue weighted by Crippen LogP contribution is -2.31. The Kier molecular flexibility index (Phi) is 10.2. The monoisotopic (exact) mass is 631 g/mol. The fourth-order valence-electron chi connectivity index (χ4n) is 4.73. The SMILES string of the molecule is COc1ccccc1NC(=O)C1=C(C)NC(SCC(=O)Nc2ccc(C)c(S(=O)(=O)N(C)C)c2)=C(C#N)[C@@H]1c1ccccc1. The summed E-state index contributed by atoms with van der Waals surface area (Å²) in [5.41, 5.74) is 3.31. The van der Waals surface area contributed by atoms with E-state index in [2.05, 4.69) is 22.0 Å². The van der Waals surface area contributed by atoms with E-state index in [4.69, 9.17) is 4.74 Å². The minimum absolute atomic E-state index is 0.0747. The van der Waals surface area contributed by atoms with Crippen LogP contribution in [0.1, 0.15) is 24.0 Å². The second-order valence-corrected chi connectivity index (χ2v) is 13.2. The number of aryl methyl sites for hydroxylation is 1. The first-order valence-corrected chi connectivity index (χ1v) is 16.0. The molecule has 4 rings (SSSR count). The first kappa shape index (κ1) is 32.3. The number of para-hydroxylation sites is 2. The summed E-state index contributed by atoms with van der Waals surface area (Å²) in [5.74, 6) is -1.06. The van der Waals surface area contributed by atoms with Crippen LogP contribution in [0.25, 0.3) is 0 Å². The molecule has 3 N–H and O–H groups in total. The summed E-state index contributed by atoms with van der Waals surface area (Å²) < 4.78 is 31.9. The highest BCUT2D eigenvalue weighted by Gasteiger charge is 2.35. The van der Waals surface area contributed by atoms with Crippen molar-refractivity contribution in [2.75, 3.05) is 37.6 Å². The van der Waals surface area contributed by atoms with E-state index in [0.717, 1.165) is 21.6 Å². The van der Waals surface area contributed by atoms with Gasteiger partial charge in [0.1, 0.15) is 5.75 Å². The molecule has 0 unspecified atom stereocenters. The maximum Gasteiger partial charge on any atom is 0.254 e. The van der Waals surface area contributed by atoms with Gasteiger partial charge in [0.2, 0.25) is 15.9 Å². The van der Waals surface area contributed by atoms with Crippen molar-refractivity contribution < 1.29 is 22.7 Å². The fraction of sp³-hybridized carbons (Fsp3) is 0.219. The zero-order valence-electron chi connectivity index (χ0n) is 25.0. The molecule has 1 aliphatic heterocycles. The number of benzene rings is 3. The number of thioether (sulfide) groups is 1. The molecule has 3 aromatic rings. The van der Waals surface area contributed by atoms with Gasteiger partial charge in [-0.1, -0.05) is 60.3 Å². The highest BCUT2D eigenvalue weighted by molar-refractivity contribution is 8.03. The summed E-state index contributed by atoms with van der Waals surface area (Å²) in [6.07, 6.45) is 0. The Hall–Kier alpha value is -4.57. The standard InChI is InChI=1S/C32H33N5O5S2/c1-20-15-16-23(17-27(20)44(40,41)37(3)4)35-28(38)19-43-32-24(18-33)30(22-11-7-6-8-12-22)29(21(2)34-32)31(39)36-25-13-9-10-14-26(25)42-5/h6-17,30,34H,19H2,1-5H3,(H,35,38)(H,36,39)/t30-/m0/s1. The van der Waals surface area contributed by atoms with Gasteiger partial charge in [0.05, 0.1) is 46.0 Å². The van der Waals surface area contributed by atoms with Crippen LogP contribution in [0.15, 0.2) is 99.6 Å². The molecule has 1 heterocycles. The largest absolute Gasteiger partial charge is 0.495 e. The molecule has 0 fully saturated rings. The van der Waals surface area contributed by atoms with Crippen molar-refractivity contribution in [3.8, 4) is 11.8 Å². The molecular formula is C32H33N5O5S2. The summed E-state index contributed by atoms with van der Waals surface area (Å²) >= 11 is 1.12. The summed E-state index contributed by atoms with van der Waals surface area (Å²) in [6, 6.07) is 23.2. The molecular weight excluding hydrogens is 599 g/mol.